The van der Waals surface area contributed by atoms with Crippen LogP contribution in [-0.4, -0.2) is 54.5 Å². The molecule has 2 rings (SSSR count). The number of carbonyl (C=O) groups is 3. The number of nitrogens with zero attached hydrogens (tertiary/aromatic N) is 1. The van der Waals surface area contributed by atoms with Gasteiger partial charge in [0.25, 0.3) is 0 Å². The van der Waals surface area contributed by atoms with Crippen LogP contribution in [0.3, 0.4) is 0 Å². The minimum absolute atomic E-state index is 0.0613. The molecule has 1 aromatic rings. The molecule has 3 atom stereocenters. The molecule has 2 N–H and O–H groups in total. The Labute approximate surface area is 204 Å². The predicted octanol–water partition coefficient (Wildman–Crippen LogP) is 3.22. The summed E-state index contributed by atoms with van der Waals surface area (Å²) >= 11 is 0. The van der Waals surface area contributed by atoms with Gasteiger partial charge in [-0.25, -0.2) is 4.79 Å². The highest BCUT2D eigenvalue weighted by Crippen LogP contribution is 2.24. The van der Waals surface area contributed by atoms with Crippen LogP contribution in [0.1, 0.15) is 59.6 Å². The van der Waals surface area contributed by atoms with E-state index in [2.05, 4.69) is 16.7 Å². The molecule has 0 bridgehead atoms. The lowest BCUT2D eigenvalue weighted by Crippen LogP contribution is -2.59. The van der Waals surface area contributed by atoms with Crippen LogP contribution in [-0.2, 0) is 32.1 Å². The fraction of sp³-hybridized carbons (Fsp3) is 0.593. The fourth-order valence-corrected chi connectivity index (χ4v) is 4.20. The third-order valence-corrected chi connectivity index (χ3v) is 6.29. The van der Waals surface area contributed by atoms with Gasteiger partial charge in [-0.15, -0.1) is 0 Å². The Morgan fingerprint density at radius 2 is 1.82 bits per heavy atom. The molecule has 0 spiro atoms. The van der Waals surface area contributed by atoms with E-state index in [4.69, 9.17) is 4.74 Å². The maximum atomic E-state index is 13.7. The molecule has 1 heterocycles. The zero-order chi connectivity index (χ0) is 25.6. The molecule has 0 fully saturated rings. The van der Waals surface area contributed by atoms with Crippen molar-refractivity contribution in [1.29, 1.82) is 0 Å². The summed E-state index contributed by atoms with van der Waals surface area (Å²) in [5, 5.41) is 6.32. The van der Waals surface area contributed by atoms with Gasteiger partial charge in [-0.2, -0.15) is 0 Å². The third-order valence-electron chi connectivity index (χ3n) is 6.29. The van der Waals surface area contributed by atoms with Crippen molar-refractivity contribution >= 4 is 17.8 Å². The molecular formula is C27H41N3O4. The average molecular weight is 472 g/mol. The van der Waals surface area contributed by atoms with Crippen molar-refractivity contribution in [3.63, 3.8) is 0 Å². The number of hydrogen-bond acceptors (Lipinski definition) is 5. The van der Waals surface area contributed by atoms with Crippen LogP contribution in [0.4, 0.5) is 0 Å². The van der Waals surface area contributed by atoms with Crippen LogP contribution in [0.25, 0.3) is 0 Å². The zero-order valence-corrected chi connectivity index (χ0v) is 21.9. The van der Waals surface area contributed by atoms with Gasteiger partial charge in [0.1, 0.15) is 6.04 Å². The van der Waals surface area contributed by atoms with E-state index < -0.39 is 23.5 Å². The minimum atomic E-state index is -0.721. The summed E-state index contributed by atoms with van der Waals surface area (Å²) in [5.74, 6) is -0.705. The van der Waals surface area contributed by atoms with Crippen LogP contribution in [0.5, 0.6) is 0 Å². The molecule has 0 aliphatic carbocycles. The summed E-state index contributed by atoms with van der Waals surface area (Å²) in [6, 6.07) is 6.64. The van der Waals surface area contributed by atoms with Gasteiger partial charge in [-0.05, 0) is 42.7 Å². The molecular weight excluding hydrogens is 430 g/mol. The summed E-state index contributed by atoms with van der Waals surface area (Å²) in [5.41, 5.74) is 2.30. The summed E-state index contributed by atoms with van der Waals surface area (Å²) in [7, 11) is 1.72. The van der Waals surface area contributed by atoms with Crippen molar-refractivity contribution < 1.29 is 19.1 Å². The molecule has 7 heteroatoms. The maximum absolute atomic E-state index is 13.7. The molecule has 188 valence electrons. The Balaban J connectivity index is 2.21. The molecule has 0 aromatic heterocycles. The highest BCUT2D eigenvalue weighted by molar-refractivity contribution is 5.91. The van der Waals surface area contributed by atoms with Gasteiger partial charge in [0.15, 0.2) is 0 Å². The van der Waals surface area contributed by atoms with E-state index >= 15 is 0 Å². The Morgan fingerprint density at radius 3 is 2.38 bits per heavy atom. The van der Waals surface area contributed by atoms with Gasteiger partial charge in [-0.1, -0.05) is 65.0 Å². The van der Waals surface area contributed by atoms with Gasteiger partial charge in [0.2, 0.25) is 11.8 Å². The lowest BCUT2D eigenvalue weighted by molar-refractivity contribution is -0.141. The number of fused-ring (bicyclic) bond motifs is 1. The fourth-order valence-electron chi connectivity index (χ4n) is 4.20. The zero-order valence-electron chi connectivity index (χ0n) is 21.9. The van der Waals surface area contributed by atoms with Crippen LogP contribution in [0.2, 0.25) is 0 Å². The number of rotatable bonds is 8. The summed E-state index contributed by atoms with van der Waals surface area (Å²) in [6.45, 7) is 14.2. The van der Waals surface area contributed by atoms with E-state index in [1.54, 1.807) is 31.9 Å². The maximum Gasteiger partial charge on any atom is 0.333 e. The third kappa shape index (κ3) is 6.92. The van der Waals surface area contributed by atoms with E-state index in [0.717, 1.165) is 5.56 Å². The van der Waals surface area contributed by atoms with Crippen molar-refractivity contribution in [2.24, 2.45) is 11.3 Å². The number of benzene rings is 1. The molecule has 1 aliphatic heterocycles. The highest BCUT2D eigenvalue weighted by atomic mass is 16.5. The molecule has 0 unspecified atom stereocenters. The number of ether oxygens (including phenoxy) is 1. The summed E-state index contributed by atoms with van der Waals surface area (Å²) in [4.78, 5) is 40.7. The molecule has 34 heavy (non-hydrogen) atoms. The van der Waals surface area contributed by atoms with E-state index in [1.807, 2.05) is 52.8 Å². The largest absolute Gasteiger partial charge is 0.463 e. The number of esters is 1. The first-order valence-electron chi connectivity index (χ1n) is 12.1. The second-order valence-electron chi connectivity index (χ2n) is 10.5. The summed E-state index contributed by atoms with van der Waals surface area (Å²) in [6.07, 6.45) is 2.36. The van der Waals surface area contributed by atoms with Gasteiger partial charge in [0.05, 0.1) is 18.7 Å². The first kappa shape index (κ1) is 27.6. The number of carbonyl (C=O) groups excluding carboxylic acids is 3. The Kier molecular flexibility index (Phi) is 9.45. The topological polar surface area (TPSA) is 87.7 Å². The minimum Gasteiger partial charge on any atom is -0.463 e. The standard InChI is InChI=1S/C27H41N3O4/c1-9-34-26(33)18(4)14-22(17(2)3)30(8)25(32)23(27(5,6)7)29-24(31)21-15-19-12-10-11-13-20(19)16-28-21/h10-14,17,21-23,28H,9,15-16H2,1-8H3,(H,29,31)/t21-,22+,23+/m0/s1. The van der Waals surface area contributed by atoms with Gasteiger partial charge in [0, 0.05) is 19.2 Å². The monoisotopic (exact) mass is 471 g/mol. The number of nitrogens with one attached hydrogen (secondary N) is 2. The quantitative estimate of drug-likeness (QED) is 0.449. The Morgan fingerprint density at radius 1 is 1.21 bits per heavy atom. The van der Waals surface area contributed by atoms with Crippen molar-refractivity contribution in [2.45, 2.75) is 79.6 Å². The molecule has 0 saturated heterocycles. The van der Waals surface area contributed by atoms with Gasteiger partial charge in [-0.3, -0.25) is 9.59 Å². The lowest BCUT2D eigenvalue weighted by atomic mass is 9.84. The highest BCUT2D eigenvalue weighted by Gasteiger charge is 2.38. The molecule has 0 radical (unpaired) electrons. The molecule has 1 aromatic carbocycles. The molecule has 2 amide bonds. The summed E-state index contributed by atoms with van der Waals surface area (Å²) < 4.78 is 5.10. The van der Waals surface area contributed by atoms with Crippen LogP contribution in [0, 0.1) is 11.3 Å². The van der Waals surface area contributed by atoms with E-state index in [0.29, 0.717) is 25.1 Å². The van der Waals surface area contributed by atoms with Crippen LogP contribution in [0.15, 0.2) is 35.9 Å². The second kappa shape index (κ2) is 11.6. The van der Waals surface area contributed by atoms with Crippen molar-refractivity contribution in [3.05, 3.63) is 47.0 Å². The van der Waals surface area contributed by atoms with Crippen LogP contribution < -0.4 is 10.6 Å². The lowest BCUT2D eigenvalue weighted by Gasteiger charge is -2.38. The molecule has 0 saturated carbocycles. The van der Waals surface area contributed by atoms with Crippen molar-refractivity contribution in [2.75, 3.05) is 13.7 Å². The first-order valence-corrected chi connectivity index (χ1v) is 12.1. The van der Waals surface area contributed by atoms with Gasteiger partial charge >= 0.3 is 5.97 Å². The molecule has 7 nitrogen and oxygen atoms in total. The molecule has 1 aliphatic rings. The average Bonchev–Trinajstić information content (AvgIpc) is 2.78. The van der Waals surface area contributed by atoms with Crippen LogP contribution >= 0.6 is 0 Å². The number of amides is 2. The Hall–Kier alpha value is -2.67. The second-order valence-corrected chi connectivity index (χ2v) is 10.5. The van der Waals surface area contributed by atoms with Gasteiger partial charge < -0.3 is 20.3 Å². The smallest absolute Gasteiger partial charge is 0.333 e. The van der Waals surface area contributed by atoms with E-state index in [-0.39, 0.29) is 23.8 Å². The SMILES string of the molecule is CCOC(=O)C(C)=C[C@H](C(C)C)N(C)C(=O)[C@@H](NC(=O)[C@@H]1Cc2ccccc2CN1)C(C)(C)C. The first-order chi connectivity index (χ1) is 15.9. The number of likely N-dealkylation sites (N-methyl/N-ethyl adjacent to an activating group) is 1. The van der Waals surface area contributed by atoms with Crippen molar-refractivity contribution in [1.82, 2.24) is 15.5 Å². The van der Waals surface area contributed by atoms with Crippen molar-refractivity contribution in [3.8, 4) is 0 Å². The van der Waals surface area contributed by atoms with E-state index in [1.165, 1.54) is 5.56 Å². The van der Waals surface area contributed by atoms with E-state index in [9.17, 15) is 14.4 Å². The number of hydrogen-bond donors (Lipinski definition) is 2. The predicted molar refractivity (Wildman–Crippen MR) is 134 cm³/mol. The normalized spacial score (nSPS) is 18.0. The Bertz CT molecular complexity index is 917.